The van der Waals surface area contributed by atoms with Crippen LogP contribution < -0.4 is 5.32 Å². The molecule has 1 saturated heterocycles. The van der Waals surface area contributed by atoms with E-state index in [1.807, 2.05) is 0 Å². The van der Waals surface area contributed by atoms with Crippen molar-refractivity contribution in [1.29, 1.82) is 0 Å². The molecule has 2 nitrogen and oxygen atoms in total. The van der Waals surface area contributed by atoms with Gasteiger partial charge in [-0.1, -0.05) is 50.6 Å². The lowest BCUT2D eigenvalue weighted by atomic mass is 9.97. The lowest BCUT2D eigenvalue weighted by Crippen LogP contribution is -2.41. The Morgan fingerprint density at radius 3 is 2.65 bits per heavy atom. The Kier molecular flexibility index (Phi) is 6.55. The van der Waals surface area contributed by atoms with Crippen LogP contribution in [0.25, 0.3) is 0 Å². The first-order valence-corrected chi connectivity index (χ1v) is 8.33. The summed E-state index contributed by atoms with van der Waals surface area (Å²) in [5.41, 5.74) is 1.46. The molecule has 0 saturated carbocycles. The molecule has 2 unspecified atom stereocenters. The fourth-order valence-corrected chi connectivity index (χ4v) is 3.34. The summed E-state index contributed by atoms with van der Waals surface area (Å²) >= 11 is 0. The first kappa shape index (κ1) is 15.5. The third-order valence-electron chi connectivity index (χ3n) is 4.57. The lowest BCUT2D eigenvalue weighted by Gasteiger charge is -2.28. The van der Waals surface area contributed by atoms with E-state index in [9.17, 15) is 0 Å². The van der Waals surface area contributed by atoms with Gasteiger partial charge in [-0.05, 0) is 43.8 Å². The summed E-state index contributed by atoms with van der Waals surface area (Å²) in [5, 5.41) is 3.70. The Balaban J connectivity index is 1.83. The van der Waals surface area contributed by atoms with E-state index in [0.29, 0.717) is 6.04 Å². The molecule has 2 rings (SSSR count). The van der Waals surface area contributed by atoms with Crippen molar-refractivity contribution >= 4 is 0 Å². The summed E-state index contributed by atoms with van der Waals surface area (Å²) in [4.78, 5) is 2.65. The topological polar surface area (TPSA) is 15.3 Å². The average Bonchev–Trinajstić information content (AvgIpc) is 2.93. The SMILES string of the molecule is CCCN(CCc1ccccc1)CC1NCCC1CC. The van der Waals surface area contributed by atoms with Gasteiger partial charge in [-0.15, -0.1) is 0 Å². The highest BCUT2D eigenvalue weighted by atomic mass is 15.2. The van der Waals surface area contributed by atoms with E-state index >= 15 is 0 Å². The summed E-state index contributed by atoms with van der Waals surface area (Å²) in [7, 11) is 0. The van der Waals surface area contributed by atoms with Crippen molar-refractivity contribution in [2.75, 3.05) is 26.2 Å². The van der Waals surface area contributed by atoms with Gasteiger partial charge in [-0.2, -0.15) is 0 Å². The van der Waals surface area contributed by atoms with Gasteiger partial charge in [0.1, 0.15) is 0 Å². The van der Waals surface area contributed by atoms with Crippen molar-refractivity contribution in [3.05, 3.63) is 35.9 Å². The summed E-state index contributed by atoms with van der Waals surface area (Å²) in [6, 6.07) is 11.6. The molecule has 1 aliphatic heterocycles. The van der Waals surface area contributed by atoms with E-state index in [4.69, 9.17) is 0 Å². The van der Waals surface area contributed by atoms with Crippen molar-refractivity contribution in [2.24, 2.45) is 5.92 Å². The van der Waals surface area contributed by atoms with Crippen LogP contribution >= 0.6 is 0 Å². The van der Waals surface area contributed by atoms with Crippen molar-refractivity contribution in [1.82, 2.24) is 10.2 Å². The standard InChI is InChI=1S/C18H30N2/c1-3-13-20(14-11-16-8-6-5-7-9-16)15-18-17(4-2)10-12-19-18/h5-9,17-19H,3-4,10-15H2,1-2H3. The van der Waals surface area contributed by atoms with E-state index in [2.05, 4.69) is 54.4 Å². The molecule has 20 heavy (non-hydrogen) atoms. The highest BCUT2D eigenvalue weighted by molar-refractivity contribution is 5.14. The maximum absolute atomic E-state index is 3.70. The molecule has 2 heteroatoms. The molecule has 1 N–H and O–H groups in total. The van der Waals surface area contributed by atoms with Gasteiger partial charge in [-0.25, -0.2) is 0 Å². The fraction of sp³-hybridized carbons (Fsp3) is 0.667. The minimum Gasteiger partial charge on any atom is -0.312 e. The van der Waals surface area contributed by atoms with Crippen LogP contribution in [-0.2, 0) is 6.42 Å². The molecule has 1 fully saturated rings. The molecule has 1 aromatic carbocycles. The molecule has 2 atom stereocenters. The van der Waals surface area contributed by atoms with Gasteiger partial charge in [0.25, 0.3) is 0 Å². The van der Waals surface area contributed by atoms with Gasteiger partial charge < -0.3 is 10.2 Å². The van der Waals surface area contributed by atoms with E-state index in [0.717, 1.165) is 5.92 Å². The van der Waals surface area contributed by atoms with Crippen LogP contribution in [0, 0.1) is 5.92 Å². The van der Waals surface area contributed by atoms with Gasteiger partial charge >= 0.3 is 0 Å². The first-order valence-electron chi connectivity index (χ1n) is 8.33. The molecule has 0 aliphatic carbocycles. The quantitative estimate of drug-likeness (QED) is 0.782. The molecule has 1 aliphatic rings. The summed E-state index contributed by atoms with van der Waals surface area (Å²) in [5.74, 6) is 0.881. The van der Waals surface area contributed by atoms with E-state index in [-0.39, 0.29) is 0 Å². The molecule has 0 amide bonds. The van der Waals surface area contributed by atoms with Crippen LogP contribution in [0.5, 0.6) is 0 Å². The van der Waals surface area contributed by atoms with E-state index in [1.165, 1.54) is 57.4 Å². The van der Waals surface area contributed by atoms with Crippen LogP contribution in [0.15, 0.2) is 30.3 Å². The molecule has 0 aromatic heterocycles. The zero-order valence-electron chi connectivity index (χ0n) is 13.1. The summed E-state index contributed by atoms with van der Waals surface area (Å²) in [6.07, 6.45) is 5.10. The van der Waals surface area contributed by atoms with Gasteiger partial charge in [0.2, 0.25) is 0 Å². The van der Waals surface area contributed by atoms with Crippen LogP contribution in [0.3, 0.4) is 0 Å². The fourth-order valence-electron chi connectivity index (χ4n) is 3.34. The number of benzene rings is 1. The van der Waals surface area contributed by atoms with Gasteiger partial charge in [0.05, 0.1) is 0 Å². The third kappa shape index (κ3) is 4.60. The monoisotopic (exact) mass is 274 g/mol. The van der Waals surface area contributed by atoms with Crippen molar-refractivity contribution in [3.8, 4) is 0 Å². The van der Waals surface area contributed by atoms with E-state index in [1.54, 1.807) is 0 Å². The second kappa shape index (κ2) is 8.43. The minimum atomic E-state index is 0.710. The number of hydrogen-bond donors (Lipinski definition) is 1. The molecule has 0 radical (unpaired) electrons. The summed E-state index contributed by atoms with van der Waals surface area (Å²) < 4.78 is 0. The molecule has 1 aromatic rings. The first-order chi connectivity index (χ1) is 9.83. The Labute approximate surface area is 124 Å². The van der Waals surface area contributed by atoms with Crippen molar-refractivity contribution in [3.63, 3.8) is 0 Å². The highest BCUT2D eigenvalue weighted by Gasteiger charge is 2.26. The van der Waals surface area contributed by atoms with Gasteiger partial charge in [0.15, 0.2) is 0 Å². The second-order valence-corrected chi connectivity index (χ2v) is 6.05. The van der Waals surface area contributed by atoms with Crippen LogP contribution in [0.2, 0.25) is 0 Å². The average molecular weight is 274 g/mol. The number of hydrogen-bond acceptors (Lipinski definition) is 2. The maximum atomic E-state index is 3.70. The summed E-state index contributed by atoms with van der Waals surface area (Å²) in [6.45, 7) is 9.46. The zero-order chi connectivity index (χ0) is 14.2. The molecule has 112 valence electrons. The number of nitrogens with zero attached hydrogens (tertiary/aromatic N) is 1. The predicted molar refractivity (Wildman–Crippen MR) is 87.1 cm³/mol. The van der Waals surface area contributed by atoms with Crippen LogP contribution in [0.4, 0.5) is 0 Å². The Morgan fingerprint density at radius 2 is 1.95 bits per heavy atom. The Bertz CT molecular complexity index is 363. The van der Waals surface area contributed by atoms with Crippen LogP contribution in [0.1, 0.15) is 38.7 Å². The minimum absolute atomic E-state index is 0.710. The largest absolute Gasteiger partial charge is 0.312 e. The van der Waals surface area contributed by atoms with Gasteiger partial charge in [-0.3, -0.25) is 0 Å². The zero-order valence-corrected chi connectivity index (χ0v) is 13.1. The molecular weight excluding hydrogens is 244 g/mol. The normalized spacial score (nSPS) is 22.6. The highest BCUT2D eigenvalue weighted by Crippen LogP contribution is 2.20. The van der Waals surface area contributed by atoms with Crippen molar-refractivity contribution in [2.45, 2.75) is 45.6 Å². The molecule has 0 spiro atoms. The lowest BCUT2D eigenvalue weighted by molar-refractivity contribution is 0.230. The van der Waals surface area contributed by atoms with Gasteiger partial charge in [0, 0.05) is 19.1 Å². The smallest absolute Gasteiger partial charge is 0.0223 e. The Morgan fingerprint density at radius 1 is 1.15 bits per heavy atom. The van der Waals surface area contributed by atoms with Crippen LogP contribution in [-0.4, -0.2) is 37.1 Å². The number of rotatable bonds is 8. The third-order valence-corrected chi connectivity index (χ3v) is 4.57. The van der Waals surface area contributed by atoms with E-state index < -0.39 is 0 Å². The molecule has 1 heterocycles. The molecule has 0 bridgehead atoms. The maximum Gasteiger partial charge on any atom is 0.0223 e. The number of nitrogens with one attached hydrogen (secondary N) is 1. The molecular formula is C18H30N2. The van der Waals surface area contributed by atoms with Crippen molar-refractivity contribution < 1.29 is 0 Å². The second-order valence-electron chi connectivity index (χ2n) is 6.05. The Hall–Kier alpha value is -0.860. The predicted octanol–water partition coefficient (Wildman–Crippen LogP) is 3.33.